The Morgan fingerprint density at radius 1 is 0.867 bits per heavy atom. The fraction of sp³-hybridized carbons (Fsp3) is 0.0870. The number of para-hydroxylation sites is 1. The minimum absolute atomic E-state index is 0.213. The molecule has 0 spiro atoms. The summed E-state index contributed by atoms with van der Waals surface area (Å²) in [6.07, 6.45) is 0. The van der Waals surface area contributed by atoms with E-state index in [9.17, 15) is 19.5 Å². The van der Waals surface area contributed by atoms with Crippen LogP contribution in [0.15, 0.2) is 66.7 Å². The molecule has 3 aromatic carbocycles. The number of imide groups is 1. The second kappa shape index (κ2) is 6.40. The first kappa shape index (κ1) is 18.8. The number of fused-ring (bicyclic) bond motifs is 4. The summed E-state index contributed by atoms with van der Waals surface area (Å²) in [4.78, 5) is 40.0. The lowest BCUT2D eigenvalue weighted by atomic mass is 10.1. The third kappa shape index (κ3) is 2.32. The van der Waals surface area contributed by atoms with E-state index in [2.05, 4.69) is 22.6 Å². The fourth-order valence-corrected chi connectivity index (χ4v) is 4.78. The molecule has 0 aliphatic carbocycles. The Balaban J connectivity index is 1.87. The summed E-state index contributed by atoms with van der Waals surface area (Å²) in [7, 11) is 0. The Morgan fingerprint density at radius 3 is 2.07 bits per heavy atom. The molecule has 1 N–H and O–H groups in total. The molecule has 30 heavy (non-hydrogen) atoms. The monoisotopic (exact) mass is 510 g/mol. The van der Waals surface area contributed by atoms with Gasteiger partial charge in [-0.15, -0.1) is 0 Å². The molecule has 0 radical (unpaired) electrons. The molecule has 2 heterocycles. The highest BCUT2D eigenvalue weighted by molar-refractivity contribution is 14.1. The first-order chi connectivity index (χ1) is 14.4. The van der Waals surface area contributed by atoms with Gasteiger partial charge in [0.05, 0.1) is 22.2 Å². The number of nitrogens with zero attached hydrogens (tertiary/aromatic N) is 2. The molecule has 1 atom stereocenters. The Kier molecular flexibility index (Phi) is 4.01. The number of aromatic nitrogens is 1. The molecule has 1 unspecified atom stereocenters. The van der Waals surface area contributed by atoms with Crippen molar-refractivity contribution in [1.29, 1.82) is 0 Å². The molecule has 6 nitrogen and oxygen atoms in total. The van der Waals surface area contributed by atoms with E-state index in [4.69, 9.17) is 0 Å². The highest BCUT2D eigenvalue weighted by Crippen LogP contribution is 2.40. The van der Waals surface area contributed by atoms with Crippen molar-refractivity contribution in [3.63, 3.8) is 0 Å². The van der Waals surface area contributed by atoms with Crippen LogP contribution in [-0.4, -0.2) is 32.4 Å². The van der Waals surface area contributed by atoms with Crippen molar-refractivity contribution in [3.8, 4) is 0 Å². The Morgan fingerprint density at radius 2 is 1.43 bits per heavy atom. The standard InChI is InChI=1S/C23H15IN2O4/c1-23(22(29)30,26-20(27)15-7-2-3-8-16(15)21(26)28)25-18-9-5-4-6-14(18)17-12-13(24)10-11-19(17)25/h2-12H,1H3,(H,29,30). The maximum Gasteiger partial charge on any atom is 0.351 e. The third-order valence-electron chi connectivity index (χ3n) is 5.70. The van der Waals surface area contributed by atoms with Crippen molar-refractivity contribution in [2.45, 2.75) is 12.6 Å². The maximum atomic E-state index is 13.2. The van der Waals surface area contributed by atoms with E-state index in [1.807, 2.05) is 42.5 Å². The minimum atomic E-state index is -1.96. The van der Waals surface area contributed by atoms with Crippen LogP contribution in [0.4, 0.5) is 0 Å². The molecular formula is C23H15IN2O4. The van der Waals surface area contributed by atoms with Crippen molar-refractivity contribution < 1.29 is 19.5 Å². The van der Waals surface area contributed by atoms with Crippen molar-refractivity contribution in [3.05, 3.63) is 81.4 Å². The van der Waals surface area contributed by atoms with E-state index in [1.54, 1.807) is 28.8 Å². The largest absolute Gasteiger partial charge is 0.478 e. The van der Waals surface area contributed by atoms with Crippen LogP contribution < -0.4 is 0 Å². The molecule has 148 valence electrons. The van der Waals surface area contributed by atoms with Gasteiger partial charge in [0.25, 0.3) is 11.8 Å². The zero-order valence-corrected chi connectivity index (χ0v) is 18.0. The van der Waals surface area contributed by atoms with Crippen molar-refractivity contribution >= 4 is 62.2 Å². The number of hydrogen-bond acceptors (Lipinski definition) is 3. The number of hydrogen-bond donors (Lipinski definition) is 1. The molecule has 1 aliphatic rings. The van der Waals surface area contributed by atoms with Gasteiger partial charge in [-0.2, -0.15) is 0 Å². The predicted molar refractivity (Wildman–Crippen MR) is 120 cm³/mol. The van der Waals surface area contributed by atoms with Crippen molar-refractivity contribution in [2.75, 3.05) is 0 Å². The third-order valence-corrected chi connectivity index (χ3v) is 6.38. The van der Waals surface area contributed by atoms with E-state index >= 15 is 0 Å². The van der Waals surface area contributed by atoms with Crippen LogP contribution in [0.1, 0.15) is 27.6 Å². The van der Waals surface area contributed by atoms with E-state index in [-0.39, 0.29) is 11.1 Å². The van der Waals surface area contributed by atoms with E-state index in [0.29, 0.717) is 11.0 Å². The number of halogens is 1. The normalized spacial score (nSPS) is 15.6. The number of aliphatic carboxylic acids is 1. The molecule has 4 aromatic rings. The predicted octanol–water partition coefficient (Wildman–Crippen LogP) is 4.45. The van der Waals surface area contributed by atoms with Gasteiger partial charge in [0.2, 0.25) is 5.66 Å². The van der Waals surface area contributed by atoms with Crippen LogP contribution in [0.3, 0.4) is 0 Å². The molecule has 0 bridgehead atoms. The van der Waals surface area contributed by atoms with Crippen LogP contribution in [0.25, 0.3) is 21.8 Å². The van der Waals surface area contributed by atoms with Gasteiger partial charge >= 0.3 is 5.97 Å². The molecule has 1 aliphatic heterocycles. The van der Waals surface area contributed by atoms with Crippen molar-refractivity contribution in [2.24, 2.45) is 0 Å². The number of carbonyl (C=O) groups excluding carboxylic acids is 2. The summed E-state index contributed by atoms with van der Waals surface area (Å²) in [6.45, 7) is 1.40. The van der Waals surface area contributed by atoms with E-state index < -0.39 is 23.4 Å². The Hall–Kier alpha value is -3.20. The molecule has 2 amide bonds. The quantitative estimate of drug-likeness (QED) is 0.326. The molecule has 5 rings (SSSR count). The second-order valence-electron chi connectivity index (χ2n) is 7.33. The topological polar surface area (TPSA) is 79.6 Å². The molecule has 0 saturated carbocycles. The van der Waals surface area contributed by atoms with Crippen molar-refractivity contribution in [1.82, 2.24) is 9.47 Å². The van der Waals surface area contributed by atoms with Crippen LogP contribution in [0.2, 0.25) is 0 Å². The molecule has 1 aromatic heterocycles. The smallest absolute Gasteiger partial charge is 0.351 e. The van der Waals surface area contributed by atoms with Gasteiger partial charge in [-0.3, -0.25) is 9.59 Å². The summed E-state index contributed by atoms with van der Waals surface area (Å²) >= 11 is 2.20. The van der Waals surface area contributed by atoms with Gasteiger partial charge in [0.1, 0.15) is 0 Å². The van der Waals surface area contributed by atoms with Crippen LogP contribution in [0.5, 0.6) is 0 Å². The average Bonchev–Trinajstić information content (AvgIpc) is 3.20. The zero-order chi connectivity index (χ0) is 21.2. The number of carbonyl (C=O) groups is 3. The molecule has 7 heteroatoms. The fourth-order valence-electron chi connectivity index (χ4n) is 4.29. The van der Waals surface area contributed by atoms with Gasteiger partial charge in [-0.05, 0) is 65.9 Å². The summed E-state index contributed by atoms with van der Waals surface area (Å²) in [5.41, 5.74) is -0.258. The lowest BCUT2D eigenvalue weighted by Gasteiger charge is -2.36. The minimum Gasteiger partial charge on any atom is -0.478 e. The number of benzene rings is 3. The average molecular weight is 510 g/mol. The second-order valence-corrected chi connectivity index (χ2v) is 8.58. The number of carboxylic acid groups (broad SMARTS) is 1. The molecule has 0 fully saturated rings. The lowest BCUT2D eigenvalue weighted by molar-refractivity contribution is -0.152. The first-order valence-corrected chi connectivity index (χ1v) is 10.3. The highest BCUT2D eigenvalue weighted by Gasteiger charge is 2.53. The Labute approximate surface area is 184 Å². The van der Waals surface area contributed by atoms with Crippen LogP contribution >= 0.6 is 22.6 Å². The maximum absolute atomic E-state index is 13.2. The number of amides is 2. The number of carboxylic acids is 1. The van der Waals surface area contributed by atoms with Crippen LogP contribution in [-0.2, 0) is 10.5 Å². The van der Waals surface area contributed by atoms with Gasteiger partial charge < -0.3 is 9.67 Å². The Bertz CT molecular complexity index is 1370. The summed E-state index contributed by atoms with van der Waals surface area (Å²) in [5, 5.41) is 12.1. The van der Waals surface area contributed by atoms with Crippen LogP contribution in [0, 0.1) is 3.57 Å². The van der Waals surface area contributed by atoms with Gasteiger partial charge in [0, 0.05) is 14.3 Å². The summed E-state index contributed by atoms with van der Waals surface area (Å²) in [6, 6.07) is 19.5. The molecular weight excluding hydrogens is 495 g/mol. The van der Waals surface area contributed by atoms with Gasteiger partial charge in [0.15, 0.2) is 0 Å². The first-order valence-electron chi connectivity index (χ1n) is 9.26. The van der Waals surface area contributed by atoms with E-state index in [1.165, 1.54) is 6.92 Å². The SMILES string of the molecule is CC(C(=O)O)(N1C(=O)c2ccccc2C1=O)n1c2ccccc2c2cc(I)ccc21. The van der Waals surface area contributed by atoms with Gasteiger partial charge in [-0.1, -0.05) is 30.3 Å². The lowest BCUT2D eigenvalue weighted by Crippen LogP contribution is -2.56. The van der Waals surface area contributed by atoms with Gasteiger partial charge in [-0.25, -0.2) is 9.69 Å². The zero-order valence-electron chi connectivity index (χ0n) is 15.8. The molecule has 0 saturated heterocycles. The summed E-state index contributed by atoms with van der Waals surface area (Å²) < 4.78 is 2.58. The van der Waals surface area contributed by atoms with E-state index in [0.717, 1.165) is 19.2 Å². The highest BCUT2D eigenvalue weighted by atomic mass is 127. The summed E-state index contributed by atoms with van der Waals surface area (Å²) in [5.74, 6) is -2.52. The number of rotatable bonds is 3.